The number of benzene rings is 1. The van der Waals surface area contributed by atoms with Gasteiger partial charge in [0.2, 0.25) is 5.88 Å². The largest absolute Gasteiger partial charge is 0.477 e. The molecule has 0 unspecified atom stereocenters. The minimum absolute atomic E-state index is 0.0342. The van der Waals surface area contributed by atoms with Gasteiger partial charge in [-0.3, -0.25) is 0 Å². The van der Waals surface area contributed by atoms with E-state index in [0.717, 1.165) is 30.5 Å². The highest BCUT2D eigenvalue weighted by Crippen LogP contribution is 2.27. The molecule has 0 amide bonds. The van der Waals surface area contributed by atoms with E-state index >= 15 is 0 Å². The molecule has 0 bridgehead atoms. The van der Waals surface area contributed by atoms with Crippen LogP contribution in [0.25, 0.3) is 0 Å². The lowest BCUT2D eigenvalue weighted by atomic mass is 10.1. The van der Waals surface area contributed by atoms with Crippen LogP contribution < -0.4 is 4.74 Å². The van der Waals surface area contributed by atoms with Crippen LogP contribution in [0.3, 0.4) is 0 Å². The molecule has 1 N–H and O–H groups in total. The molecule has 21 heavy (non-hydrogen) atoms. The molecule has 2 aromatic rings. The highest BCUT2D eigenvalue weighted by atomic mass is 19.1. The molecular weight excluding hydrogens is 273 g/mol. The van der Waals surface area contributed by atoms with Crippen molar-refractivity contribution in [3.05, 3.63) is 58.5 Å². The quantitative estimate of drug-likeness (QED) is 0.939. The van der Waals surface area contributed by atoms with E-state index in [-0.39, 0.29) is 23.9 Å². The van der Waals surface area contributed by atoms with Crippen molar-refractivity contribution in [3.63, 3.8) is 0 Å². The van der Waals surface area contributed by atoms with Crippen LogP contribution in [0.2, 0.25) is 0 Å². The zero-order valence-corrected chi connectivity index (χ0v) is 11.3. The third-order valence-electron chi connectivity index (χ3n) is 3.57. The summed E-state index contributed by atoms with van der Waals surface area (Å²) in [6.07, 6.45) is 2.64. The summed E-state index contributed by atoms with van der Waals surface area (Å²) in [6, 6.07) is 7.86. The number of aryl methyl sites for hydroxylation is 2. The van der Waals surface area contributed by atoms with Crippen molar-refractivity contribution in [2.45, 2.75) is 25.9 Å². The predicted molar refractivity (Wildman–Crippen MR) is 74.0 cm³/mol. The lowest BCUT2D eigenvalue weighted by Gasteiger charge is -2.11. The normalized spacial score (nSPS) is 13.0. The molecule has 1 aromatic heterocycles. The monoisotopic (exact) mass is 287 g/mol. The summed E-state index contributed by atoms with van der Waals surface area (Å²) in [7, 11) is 0. The summed E-state index contributed by atoms with van der Waals surface area (Å²) in [5.41, 5.74) is 2.25. The highest BCUT2D eigenvalue weighted by molar-refractivity contribution is 5.90. The van der Waals surface area contributed by atoms with Gasteiger partial charge in [-0.05, 0) is 37.0 Å². The molecule has 0 atom stereocenters. The maximum Gasteiger partial charge on any atom is 0.341 e. The number of carbonyl (C=O) groups is 1. The predicted octanol–water partition coefficient (Wildman–Crippen LogP) is 2.99. The van der Waals surface area contributed by atoms with Crippen molar-refractivity contribution in [3.8, 4) is 5.88 Å². The van der Waals surface area contributed by atoms with Crippen molar-refractivity contribution in [1.82, 2.24) is 4.98 Å². The van der Waals surface area contributed by atoms with E-state index in [2.05, 4.69) is 4.98 Å². The molecule has 1 aliphatic carbocycles. The van der Waals surface area contributed by atoms with Crippen molar-refractivity contribution in [2.75, 3.05) is 0 Å². The number of nitrogens with zero attached hydrogens (tertiary/aromatic N) is 1. The summed E-state index contributed by atoms with van der Waals surface area (Å²) in [6.45, 7) is -0.0429. The van der Waals surface area contributed by atoms with Gasteiger partial charge in [0.05, 0.1) is 0 Å². The molecule has 5 heteroatoms. The third-order valence-corrected chi connectivity index (χ3v) is 3.57. The van der Waals surface area contributed by atoms with E-state index in [0.29, 0.717) is 5.56 Å². The van der Waals surface area contributed by atoms with Crippen molar-refractivity contribution in [1.29, 1.82) is 0 Å². The van der Waals surface area contributed by atoms with E-state index in [4.69, 9.17) is 4.74 Å². The van der Waals surface area contributed by atoms with Gasteiger partial charge in [-0.15, -0.1) is 0 Å². The number of fused-ring (bicyclic) bond motifs is 1. The zero-order chi connectivity index (χ0) is 14.8. The van der Waals surface area contributed by atoms with E-state index < -0.39 is 5.97 Å². The summed E-state index contributed by atoms with van der Waals surface area (Å²) in [4.78, 5) is 15.6. The second kappa shape index (κ2) is 5.52. The number of hydrogen-bond acceptors (Lipinski definition) is 3. The first-order valence-electron chi connectivity index (χ1n) is 6.77. The first kappa shape index (κ1) is 13.5. The van der Waals surface area contributed by atoms with Gasteiger partial charge < -0.3 is 9.84 Å². The van der Waals surface area contributed by atoms with Gasteiger partial charge in [0.1, 0.15) is 18.0 Å². The average Bonchev–Trinajstić information content (AvgIpc) is 2.92. The van der Waals surface area contributed by atoms with Gasteiger partial charge in [-0.1, -0.05) is 18.2 Å². The standard InChI is InChI=1S/C16H14FNO3/c17-13-6-2-1-4-11(13)9-21-15-12(16(19)20)8-10-5-3-7-14(10)18-15/h1-2,4,6,8H,3,5,7,9H2,(H,19,20). The second-order valence-electron chi connectivity index (χ2n) is 4.99. The van der Waals surface area contributed by atoms with E-state index in [1.807, 2.05) is 0 Å². The minimum Gasteiger partial charge on any atom is -0.477 e. The molecule has 0 radical (unpaired) electrons. The molecule has 108 valence electrons. The average molecular weight is 287 g/mol. The Morgan fingerprint density at radius 3 is 2.90 bits per heavy atom. The summed E-state index contributed by atoms with van der Waals surface area (Å²) in [5.74, 6) is -1.40. The molecule has 1 aliphatic rings. The van der Waals surface area contributed by atoms with Gasteiger partial charge in [-0.25, -0.2) is 14.2 Å². The third kappa shape index (κ3) is 2.72. The Labute approximate surface area is 121 Å². The summed E-state index contributed by atoms with van der Waals surface area (Å²) >= 11 is 0. The minimum atomic E-state index is -1.08. The zero-order valence-electron chi connectivity index (χ0n) is 11.3. The maximum absolute atomic E-state index is 13.6. The van der Waals surface area contributed by atoms with Crippen LogP contribution in [-0.4, -0.2) is 16.1 Å². The Balaban J connectivity index is 1.88. The number of aromatic nitrogens is 1. The van der Waals surface area contributed by atoms with Crippen LogP contribution in [0, 0.1) is 5.82 Å². The Kier molecular flexibility index (Phi) is 3.56. The molecule has 3 rings (SSSR count). The molecule has 0 saturated carbocycles. The van der Waals surface area contributed by atoms with Gasteiger partial charge >= 0.3 is 5.97 Å². The Hall–Kier alpha value is -2.43. The van der Waals surface area contributed by atoms with Gasteiger partial charge in [0, 0.05) is 11.3 Å². The highest BCUT2D eigenvalue weighted by Gasteiger charge is 2.21. The SMILES string of the molecule is O=C(O)c1cc2c(nc1OCc1ccccc1F)CCC2. The molecule has 1 aromatic carbocycles. The van der Waals surface area contributed by atoms with Crippen LogP contribution in [0.1, 0.15) is 33.6 Å². The lowest BCUT2D eigenvalue weighted by Crippen LogP contribution is -2.08. The van der Waals surface area contributed by atoms with Crippen molar-refractivity contribution < 1.29 is 19.0 Å². The van der Waals surface area contributed by atoms with Crippen molar-refractivity contribution in [2.24, 2.45) is 0 Å². The number of halogens is 1. The van der Waals surface area contributed by atoms with Gasteiger partial charge in [0.25, 0.3) is 0 Å². The van der Waals surface area contributed by atoms with Gasteiger partial charge in [-0.2, -0.15) is 0 Å². The topological polar surface area (TPSA) is 59.4 Å². The van der Waals surface area contributed by atoms with Crippen LogP contribution in [-0.2, 0) is 19.4 Å². The smallest absolute Gasteiger partial charge is 0.341 e. The number of rotatable bonds is 4. The maximum atomic E-state index is 13.6. The lowest BCUT2D eigenvalue weighted by molar-refractivity contribution is 0.0690. The number of hydrogen-bond donors (Lipinski definition) is 1. The number of carboxylic acid groups (broad SMARTS) is 1. The van der Waals surface area contributed by atoms with Gasteiger partial charge in [0.15, 0.2) is 0 Å². The fourth-order valence-corrected chi connectivity index (χ4v) is 2.48. The van der Waals surface area contributed by atoms with E-state index in [1.165, 1.54) is 6.07 Å². The molecule has 4 nitrogen and oxygen atoms in total. The number of pyridine rings is 1. The molecule has 0 spiro atoms. The molecular formula is C16H14FNO3. The first-order valence-corrected chi connectivity index (χ1v) is 6.77. The Bertz CT molecular complexity index is 700. The molecule has 1 heterocycles. The summed E-state index contributed by atoms with van der Waals surface area (Å²) < 4.78 is 19.0. The molecule has 0 aliphatic heterocycles. The van der Waals surface area contributed by atoms with Crippen LogP contribution >= 0.6 is 0 Å². The van der Waals surface area contributed by atoms with Crippen LogP contribution in [0.5, 0.6) is 5.88 Å². The number of aromatic carboxylic acids is 1. The fraction of sp³-hybridized carbons (Fsp3) is 0.250. The second-order valence-corrected chi connectivity index (χ2v) is 4.99. The number of carboxylic acids is 1. The Morgan fingerprint density at radius 2 is 2.14 bits per heavy atom. The van der Waals surface area contributed by atoms with E-state index in [9.17, 15) is 14.3 Å². The molecule has 0 saturated heterocycles. The van der Waals surface area contributed by atoms with Crippen molar-refractivity contribution >= 4 is 5.97 Å². The fourth-order valence-electron chi connectivity index (χ4n) is 2.48. The van der Waals surface area contributed by atoms with Crippen LogP contribution in [0.4, 0.5) is 4.39 Å². The van der Waals surface area contributed by atoms with E-state index in [1.54, 1.807) is 24.3 Å². The summed E-state index contributed by atoms with van der Waals surface area (Å²) in [5, 5.41) is 9.25. The first-order chi connectivity index (χ1) is 10.1. The number of ether oxygens (including phenoxy) is 1. The molecule has 0 fully saturated rings. The Morgan fingerprint density at radius 1 is 1.33 bits per heavy atom. The van der Waals surface area contributed by atoms with Crippen LogP contribution in [0.15, 0.2) is 30.3 Å².